The lowest BCUT2D eigenvalue weighted by molar-refractivity contribution is -0.122. The second-order valence-corrected chi connectivity index (χ2v) is 8.47. The van der Waals surface area contributed by atoms with Gasteiger partial charge in [-0.25, -0.2) is 0 Å². The molecule has 1 aromatic heterocycles. The van der Waals surface area contributed by atoms with Crippen LogP contribution < -0.4 is 5.32 Å². The molecule has 1 fully saturated rings. The number of aromatic nitrogens is 2. The van der Waals surface area contributed by atoms with Crippen LogP contribution in [0.25, 0.3) is 5.57 Å². The van der Waals surface area contributed by atoms with Gasteiger partial charge < -0.3 is 10.2 Å². The van der Waals surface area contributed by atoms with Crippen molar-refractivity contribution in [2.45, 2.75) is 63.8 Å². The zero-order valence-electron chi connectivity index (χ0n) is 17.6. The molecule has 2 aromatic rings. The number of allylic oxidation sites excluding steroid dienone is 2. The van der Waals surface area contributed by atoms with Gasteiger partial charge >= 0.3 is 0 Å². The second kappa shape index (κ2) is 10.3. The summed E-state index contributed by atoms with van der Waals surface area (Å²) in [6.45, 7) is 0.359. The van der Waals surface area contributed by atoms with E-state index >= 15 is 0 Å². The Hall–Kier alpha value is -2.82. The number of nitrogens with one attached hydrogen (secondary N) is 2. The number of rotatable bonds is 6. The molecule has 2 aliphatic rings. The number of hydrogen-bond donors (Lipinski definition) is 2. The normalized spacial score (nSPS) is 17.9. The Labute approximate surface area is 179 Å². The van der Waals surface area contributed by atoms with Crippen LogP contribution in [0.5, 0.6) is 0 Å². The summed E-state index contributed by atoms with van der Waals surface area (Å²) in [5.41, 5.74) is 4.44. The molecule has 0 atom stereocenters. The van der Waals surface area contributed by atoms with E-state index in [4.69, 9.17) is 0 Å². The Bertz CT molecular complexity index is 876. The highest BCUT2D eigenvalue weighted by Crippen LogP contribution is 2.23. The fraction of sp³-hybridized carbons (Fsp3) is 0.440. The minimum Gasteiger partial charge on any atom is -0.352 e. The van der Waals surface area contributed by atoms with E-state index < -0.39 is 0 Å². The molecule has 0 spiro atoms. The predicted octanol–water partition coefficient (Wildman–Crippen LogP) is 4.79. The average Bonchev–Trinajstić information content (AvgIpc) is 3.19. The summed E-state index contributed by atoms with van der Waals surface area (Å²) in [6, 6.07) is 12.8. The van der Waals surface area contributed by atoms with E-state index in [-0.39, 0.29) is 5.91 Å². The monoisotopic (exact) mass is 404 g/mol. The van der Waals surface area contributed by atoms with Crippen molar-refractivity contribution in [1.82, 2.24) is 20.4 Å². The largest absolute Gasteiger partial charge is 0.352 e. The van der Waals surface area contributed by atoms with Crippen LogP contribution in [0, 0.1) is 0 Å². The molecule has 1 aliphatic carbocycles. The Morgan fingerprint density at radius 2 is 1.87 bits per heavy atom. The number of carbonyl (C=O) groups is 1. The van der Waals surface area contributed by atoms with Crippen molar-refractivity contribution in [3.05, 3.63) is 71.8 Å². The van der Waals surface area contributed by atoms with E-state index in [1.165, 1.54) is 37.7 Å². The van der Waals surface area contributed by atoms with Gasteiger partial charge in [-0.05, 0) is 36.5 Å². The molecule has 30 heavy (non-hydrogen) atoms. The Morgan fingerprint density at radius 3 is 2.67 bits per heavy atom. The standard InChI is InChI=1S/C25H32N4O/c30-25(26-22-13-7-2-1-3-8-14-22)19-29-15-9-12-21(18-29)24-17-23(27-28-24)16-20-10-5-4-6-11-20/h4-6,9-11,15,17-18,22H,1-3,7-8,12-14,16,19H2,(H,26,30)(H,27,28). The first-order valence-electron chi connectivity index (χ1n) is 11.3. The molecule has 1 amide bonds. The first kappa shape index (κ1) is 20.5. The Morgan fingerprint density at radius 1 is 1.10 bits per heavy atom. The van der Waals surface area contributed by atoms with Crippen molar-refractivity contribution in [1.29, 1.82) is 0 Å². The highest BCUT2D eigenvalue weighted by atomic mass is 16.2. The zero-order chi connectivity index (χ0) is 20.6. The molecule has 4 rings (SSSR count). The molecule has 0 unspecified atom stereocenters. The molecule has 2 N–H and O–H groups in total. The van der Waals surface area contributed by atoms with Crippen LogP contribution in [0.3, 0.4) is 0 Å². The maximum Gasteiger partial charge on any atom is 0.240 e. The zero-order valence-corrected chi connectivity index (χ0v) is 17.6. The summed E-state index contributed by atoms with van der Waals surface area (Å²) >= 11 is 0. The van der Waals surface area contributed by atoms with Crippen LogP contribution in [0.4, 0.5) is 0 Å². The van der Waals surface area contributed by atoms with Crippen molar-refractivity contribution in [3.63, 3.8) is 0 Å². The van der Waals surface area contributed by atoms with Gasteiger partial charge in [0.05, 0.1) is 5.69 Å². The van der Waals surface area contributed by atoms with Gasteiger partial charge in [0.2, 0.25) is 5.91 Å². The number of H-pyrrole nitrogens is 1. The van der Waals surface area contributed by atoms with E-state index in [2.05, 4.69) is 58.1 Å². The summed E-state index contributed by atoms with van der Waals surface area (Å²) in [5.74, 6) is 0.106. The van der Waals surface area contributed by atoms with E-state index in [1.807, 2.05) is 17.2 Å². The fourth-order valence-electron chi connectivity index (χ4n) is 4.35. The molecule has 5 nitrogen and oxygen atoms in total. The lowest BCUT2D eigenvalue weighted by atomic mass is 9.97. The molecule has 5 heteroatoms. The first-order chi connectivity index (χ1) is 14.8. The highest BCUT2D eigenvalue weighted by Gasteiger charge is 2.17. The molecule has 1 aromatic carbocycles. The van der Waals surface area contributed by atoms with Crippen molar-refractivity contribution < 1.29 is 4.79 Å². The minimum atomic E-state index is 0.106. The first-order valence-corrected chi connectivity index (χ1v) is 11.3. The number of aromatic amines is 1. The fourth-order valence-corrected chi connectivity index (χ4v) is 4.35. The van der Waals surface area contributed by atoms with Crippen LogP contribution >= 0.6 is 0 Å². The van der Waals surface area contributed by atoms with E-state index in [0.29, 0.717) is 12.6 Å². The minimum absolute atomic E-state index is 0.106. The van der Waals surface area contributed by atoms with Crippen molar-refractivity contribution >= 4 is 11.5 Å². The Kier molecular flexibility index (Phi) is 7.01. The van der Waals surface area contributed by atoms with Gasteiger partial charge in [-0.1, -0.05) is 68.5 Å². The van der Waals surface area contributed by atoms with Crippen LogP contribution in [0.1, 0.15) is 68.3 Å². The molecule has 1 aliphatic heterocycles. The molecule has 158 valence electrons. The second-order valence-electron chi connectivity index (χ2n) is 8.47. The van der Waals surface area contributed by atoms with E-state index in [9.17, 15) is 4.79 Å². The summed E-state index contributed by atoms with van der Waals surface area (Å²) < 4.78 is 0. The average molecular weight is 405 g/mol. The summed E-state index contributed by atoms with van der Waals surface area (Å²) in [6.07, 6.45) is 16.4. The molecule has 2 heterocycles. The van der Waals surface area contributed by atoms with Gasteiger partial charge in [0.15, 0.2) is 0 Å². The molecular weight excluding hydrogens is 372 g/mol. The number of hydrogen-bond acceptors (Lipinski definition) is 3. The number of amides is 1. The third kappa shape index (κ3) is 5.85. The third-order valence-corrected chi connectivity index (χ3v) is 5.95. The highest BCUT2D eigenvalue weighted by molar-refractivity contribution is 5.79. The van der Waals surface area contributed by atoms with Crippen molar-refractivity contribution in [2.24, 2.45) is 0 Å². The van der Waals surface area contributed by atoms with E-state index in [1.54, 1.807) is 0 Å². The molecule has 1 saturated carbocycles. The van der Waals surface area contributed by atoms with Gasteiger partial charge in [-0.2, -0.15) is 5.10 Å². The van der Waals surface area contributed by atoms with Crippen LogP contribution in [-0.4, -0.2) is 33.6 Å². The van der Waals surface area contributed by atoms with Crippen molar-refractivity contribution in [3.8, 4) is 0 Å². The van der Waals surface area contributed by atoms with Crippen LogP contribution in [0.2, 0.25) is 0 Å². The quantitative estimate of drug-likeness (QED) is 0.728. The predicted molar refractivity (Wildman–Crippen MR) is 121 cm³/mol. The smallest absolute Gasteiger partial charge is 0.240 e. The SMILES string of the molecule is O=C(CN1C=CCC(c2cc(Cc3ccccc3)[nH]n2)=C1)NC1CCCCCCC1. The number of nitrogens with zero attached hydrogens (tertiary/aromatic N) is 2. The number of benzene rings is 1. The number of carbonyl (C=O) groups excluding carboxylic acids is 1. The third-order valence-electron chi connectivity index (χ3n) is 5.95. The summed E-state index contributed by atoms with van der Waals surface area (Å²) in [7, 11) is 0. The maximum absolute atomic E-state index is 12.6. The molecule has 0 radical (unpaired) electrons. The maximum atomic E-state index is 12.6. The Balaban J connectivity index is 1.33. The van der Waals surface area contributed by atoms with E-state index in [0.717, 1.165) is 42.6 Å². The summed E-state index contributed by atoms with van der Waals surface area (Å²) in [5, 5.41) is 10.9. The summed E-state index contributed by atoms with van der Waals surface area (Å²) in [4.78, 5) is 14.6. The van der Waals surface area contributed by atoms with Crippen molar-refractivity contribution in [2.75, 3.05) is 6.54 Å². The molecular formula is C25H32N4O. The van der Waals surface area contributed by atoms with Gasteiger partial charge in [-0.3, -0.25) is 9.89 Å². The van der Waals surface area contributed by atoms with Crippen LogP contribution in [0.15, 0.2) is 54.9 Å². The lowest BCUT2D eigenvalue weighted by Crippen LogP contribution is -2.40. The topological polar surface area (TPSA) is 61.0 Å². The van der Waals surface area contributed by atoms with Gasteiger partial charge in [0.1, 0.15) is 6.54 Å². The van der Waals surface area contributed by atoms with Crippen LogP contribution in [-0.2, 0) is 11.2 Å². The lowest BCUT2D eigenvalue weighted by Gasteiger charge is -2.24. The molecule has 0 saturated heterocycles. The van der Waals surface area contributed by atoms with Gasteiger partial charge in [0.25, 0.3) is 0 Å². The van der Waals surface area contributed by atoms with Gasteiger partial charge in [-0.15, -0.1) is 0 Å². The van der Waals surface area contributed by atoms with Gasteiger partial charge in [0, 0.05) is 30.6 Å². The molecule has 0 bridgehead atoms.